The van der Waals surface area contributed by atoms with Crippen LogP contribution in [0, 0.1) is 0 Å². The van der Waals surface area contributed by atoms with E-state index in [1.54, 1.807) is 36.4 Å². The SMILES string of the molecule is CCCCOC(=O)Nc1cccc(C(O)Nc2c3ccccc3nc3c(C(N)=O)cccc23)c1. The maximum Gasteiger partial charge on any atom is 0.411 e. The molecule has 0 saturated carbocycles. The predicted molar refractivity (Wildman–Crippen MR) is 133 cm³/mol. The Morgan fingerprint density at radius 3 is 2.62 bits per heavy atom. The number of rotatable bonds is 8. The van der Waals surface area contributed by atoms with Crippen LogP contribution in [0.3, 0.4) is 0 Å². The van der Waals surface area contributed by atoms with Crippen molar-refractivity contribution in [1.29, 1.82) is 0 Å². The zero-order valence-corrected chi connectivity index (χ0v) is 18.7. The number of anilines is 2. The summed E-state index contributed by atoms with van der Waals surface area (Å²) in [4.78, 5) is 28.6. The lowest BCUT2D eigenvalue weighted by Crippen LogP contribution is -2.16. The number of hydrogen-bond acceptors (Lipinski definition) is 6. The fourth-order valence-corrected chi connectivity index (χ4v) is 3.74. The van der Waals surface area contributed by atoms with Gasteiger partial charge in [0, 0.05) is 22.0 Å². The molecule has 1 heterocycles. The Morgan fingerprint density at radius 1 is 1.06 bits per heavy atom. The third kappa shape index (κ3) is 4.92. The Labute approximate surface area is 196 Å². The summed E-state index contributed by atoms with van der Waals surface area (Å²) in [5, 5.41) is 18.3. The molecule has 0 aliphatic rings. The molecule has 34 heavy (non-hydrogen) atoms. The van der Waals surface area contributed by atoms with Crippen LogP contribution in [0.4, 0.5) is 16.2 Å². The van der Waals surface area contributed by atoms with Crippen LogP contribution in [-0.2, 0) is 4.74 Å². The monoisotopic (exact) mass is 458 g/mol. The first-order valence-electron chi connectivity index (χ1n) is 11.1. The van der Waals surface area contributed by atoms with Crippen LogP contribution in [0.15, 0.2) is 66.7 Å². The molecule has 0 spiro atoms. The van der Waals surface area contributed by atoms with Crippen molar-refractivity contribution in [3.8, 4) is 0 Å². The molecule has 0 fully saturated rings. The van der Waals surface area contributed by atoms with Gasteiger partial charge in [-0.05, 0) is 30.7 Å². The van der Waals surface area contributed by atoms with Crippen molar-refractivity contribution in [1.82, 2.24) is 4.98 Å². The average Bonchev–Trinajstić information content (AvgIpc) is 2.83. The summed E-state index contributed by atoms with van der Waals surface area (Å²) in [7, 11) is 0. The van der Waals surface area contributed by atoms with Crippen LogP contribution >= 0.6 is 0 Å². The molecule has 1 aromatic heterocycles. The summed E-state index contributed by atoms with van der Waals surface area (Å²) in [5.41, 5.74) is 8.63. The van der Waals surface area contributed by atoms with Crippen LogP contribution in [0.5, 0.6) is 0 Å². The van der Waals surface area contributed by atoms with Gasteiger partial charge in [-0.2, -0.15) is 0 Å². The molecule has 8 nitrogen and oxygen atoms in total. The van der Waals surface area contributed by atoms with Crippen LogP contribution < -0.4 is 16.4 Å². The Kier molecular flexibility index (Phi) is 6.89. The number of ether oxygens (including phenoxy) is 1. The van der Waals surface area contributed by atoms with E-state index in [2.05, 4.69) is 15.6 Å². The van der Waals surface area contributed by atoms with Crippen molar-refractivity contribution in [2.24, 2.45) is 5.73 Å². The van der Waals surface area contributed by atoms with Gasteiger partial charge in [-0.1, -0.05) is 55.8 Å². The van der Waals surface area contributed by atoms with E-state index in [4.69, 9.17) is 10.5 Å². The molecular formula is C26H26N4O4. The molecule has 5 N–H and O–H groups in total. The number of benzene rings is 3. The van der Waals surface area contributed by atoms with Crippen molar-refractivity contribution in [3.05, 3.63) is 77.9 Å². The third-order valence-electron chi connectivity index (χ3n) is 5.44. The number of para-hydroxylation sites is 2. The average molecular weight is 459 g/mol. The summed E-state index contributed by atoms with van der Waals surface area (Å²) < 4.78 is 5.14. The quantitative estimate of drug-likeness (QED) is 0.168. The number of nitrogens with two attached hydrogens (primary N) is 1. The molecule has 0 aliphatic heterocycles. The molecule has 4 rings (SSSR count). The Hall–Kier alpha value is -4.17. The highest BCUT2D eigenvalue weighted by atomic mass is 16.5. The molecule has 1 atom stereocenters. The summed E-state index contributed by atoms with van der Waals surface area (Å²) in [5.74, 6) is -0.579. The second kappa shape index (κ2) is 10.2. The van der Waals surface area contributed by atoms with Gasteiger partial charge in [0.25, 0.3) is 5.91 Å². The molecule has 8 heteroatoms. The number of amides is 2. The van der Waals surface area contributed by atoms with Gasteiger partial charge in [0.2, 0.25) is 0 Å². The van der Waals surface area contributed by atoms with Crippen molar-refractivity contribution in [2.45, 2.75) is 26.0 Å². The molecular weight excluding hydrogens is 432 g/mol. The lowest BCUT2D eigenvalue weighted by Gasteiger charge is -2.19. The number of hydrogen-bond donors (Lipinski definition) is 4. The van der Waals surface area contributed by atoms with Gasteiger partial charge >= 0.3 is 6.09 Å². The van der Waals surface area contributed by atoms with Crippen LogP contribution in [0.1, 0.15) is 41.9 Å². The number of carbonyl (C=O) groups is 2. The zero-order valence-electron chi connectivity index (χ0n) is 18.7. The van der Waals surface area contributed by atoms with Gasteiger partial charge in [0.15, 0.2) is 6.23 Å². The van der Waals surface area contributed by atoms with Gasteiger partial charge in [-0.15, -0.1) is 0 Å². The highest BCUT2D eigenvalue weighted by molar-refractivity contribution is 6.13. The number of nitrogens with one attached hydrogen (secondary N) is 2. The highest BCUT2D eigenvalue weighted by Crippen LogP contribution is 2.34. The Bertz CT molecular complexity index is 1360. The molecule has 1 unspecified atom stereocenters. The van der Waals surface area contributed by atoms with E-state index in [0.717, 1.165) is 18.2 Å². The predicted octanol–water partition coefficient (Wildman–Crippen LogP) is 4.94. The van der Waals surface area contributed by atoms with Gasteiger partial charge in [0.05, 0.1) is 28.9 Å². The number of nitrogens with zero attached hydrogens (tertiary/aromatic N) is 1. The first-order valence-corrected chi connectivity index (χ1v) is 11.1. The van der Waals surface area contributed by atoms with E-state index in [-0.39, 0.29) is 0 Å². The maximum atomic E-state index is 12.0. The molecule has 0 aliphatic carbocycles. The lowest BCUT2D eigenvalue weighted by atomic mass is 10.0. The summed E-state index contributed by atoms with van der Waals surface area (Å²) in [6.45, 7) is 2.37. The first-order chi connectivity index (χ1) is 16.5. The second-order valence-corrected chi connectivity index (χ2v) is 7.86. The molecule has 0 saturated heterocycles. The van der Waals surface area contributed by atoms with E-state index in [0.29, 0.717) is 45.5 Å². The summed E-state index contributed by atoms with van der Waals surface area (Å²) in [6, 6.07) is 19.5. The summed E-state index contributed by atoms with van der Waals surface area (Å²) >= 11 is 0. The largest absolute Gasteiger partial charge is 0.449 e. The molecule has 0 bridgehead atoms. The smallest absolute Gasteiger partial charge is 0.411 e. The molecule has 4 aromatic rings. The standard InChI is InChI=1S/C26H26N4O4/c1-2-3-14-34-26(33)28-17-9-6-8-16(15-17)25(32)30-22-18-10-4-5-13-21(18)29-23-19(22)11-7-12-20(23)24(27)31/h4-13,15,25,32H,2-3,14H2,1H3,(H2,27,31)(H,28,33)(H,29,30). The van der Waals surface area contributed by atoms with E-state index in [1.807, 2.05) is 37.3 Å². The topological polar surface area (TPSA) is 127 Å². The minimum absolute atomic E-state index is 0.300. The molecule has 174 valence electrons. The molecule has 3 aromatic carbocycles. The van der Waals surface area contributed by atoms with Crippen LogP contribution in [-0.4, -0.2) is 28.7 Å². The number of fused-ring (bicyclic) bond motifs is 2. The highest BCUT2D eigenvalue weighted by Gasteiger charge is 2.17. The molecule has 2 amide bonds. The van der Waals surface area contributed by atoms with E-state index in [9.17, 15) is 14.7 Å². The second-order valence-electron chi connectivity index (χ2n) is 7.86. The number of unbranched alkanes of at least 4 members (excludes halogenated alkanes) is 1. The van der Waals surface area contributed by atoms with E-state index in [1.165, 1.54) is 0 Å². The minimum Gasteiger partial charge on any atom is -0.449 e. The fraction of sp³-hybridized carbons (Fsp3) is 0.192. The van der Waals surface area contributed by atoms with Crippen molar-refractivity contribution < 1.29 is 19.4 Å². The van der Waals surface area contributed by atoms with Gasteiger partial charge in [-0.25, -0.2) is 9.78 Å². The van der Waals surface area contributed by atoms with Gasteiger partial charge in [0.1, 0.15) is 0 Å². The molecule has 0 radical (unpaired) electrons. The first kappa shape index (κ1) is 23.0. The number of aliphatic hydroxyl groups is 1. The van der Waals surface area contributed by atoms with E-state index >= 15 is 0 Å². The van der Waals surface area contributed by atoms with E-state index < -0.39 is 18.2 Å². The number of aromatic nitrogens is 1. The third-order valence-corrected chi connectivity index (χ3v) is 5.44. The van der Waals surface area contributed by atoms with Crippen molar-refractivity contribution in [2.75, 3.05) is 17.2 Å². The maximum absolute atomic E-state index is 12.0. The van der Waals surface area contributed by atoms with Crippen molar-refractivity contribution in [3.63, 3.8) is 0 Å². The number of carbonyl (C=O) groups excluding carboxylic acids is 2. The minimum atomic E-state index is -1.11. The number of aliphatic hydroxyl groups excluding tert-OH is 1. The lowest BCUT2D eigenvalue weighted by molar-refractivity contribution is 0.100. The fourth-order valence-electron chi connectivity index (χ4n) is 3.74. The van der Waals surface area contributed by atoms with Gasteiger partial charge < -0.3 is 20.9 Å². The number of primary amides is 1. The van der Waals surface area contributed by atoms with Crippen LogP contribution in [0.25, 0.3) is 21.8 Å². The van der Waals surface area contributed by atoms with Crippen molar-refractivity contribution >= 4 is 45.2 Å². The van der Waals surface area contributed by atoms with Gasteiger partial charge in [-0.3, -0.25) is 10.1 Å². The summed E-state index contributed by atoms with van der Waals surface area (Å²) in [6.07, 6.45) is 0.0729. The normalized spacial score (nSPS) is 11.8. The number of pyridine rings is 1. The van der Waals surface area contributed by atoms with Crippen LogP contribution in [0.2, 0.25) is 0 Å². The zero-order chi connectivity index (χ0) is 24.1. The Morgan fingerprint density at radius 2 is 1.82 bits per heavy atom. The Balaban J connectivity index is 1.67.